The Morgan fingerprint density at radius 3 is 2.41 bits per heavy atom. The number of H-pyrrole nitrogens is 1. The number of nitrogens with zero attached hydrogens (tertiary/aromatic N) is 1. The van der Waals surface area contributed by atoms with Gasteiger partial charge in [0.2, 0.25) is 0 Å². The number of pyridine rings is 1. The van der Waals surface area contributed by atoms with E-state index in [0.717, 1.165) is 34.7 Å². The average Bonchev–Trinajstić information content (AvgIpc) is 3.46. The maximum atomic E-state index is 14.1. The van der Waals surface area contributed by atoms with Crippen LogP contribution < -0.4 is 25.7 Å². The van der Waals surface area contributed by atoms with Crippen molar-refractivity contribution in [3.05, 3.63) is 129 Å². The summed E-state index contributed by atoms with van der Waals surface area (Å²) in [4.78, 5) is 30.5. The first kappa shape index (κ1) is 33.0. The molecule has 49 heavy (non-hydrogen) atoms. The monoisotopic (exact) mass is 670 g/mol. The Balaban J connectivity index is 1.41. The van der Waals surface area contributed by atoms with Gasteiger partial charge in [-0.05, 0) is 66.1 Å². The topological polar surface area (TPSA) is 118 Å². The molecular formula is C37H33F3N4O5. The quantitative estimate of drug-likeness (QED) is 0.129. The normalized spacial score (nSPS) is 12.2. The van der Waals surface area contributed by atoms with E-state index in [0.29, 0.717) is 27.9 Å². The van der Waals surface area contributed by atoms with Gasteiger partial charge >= 0.3 is 12.2 Å². The zero-order valence-electron chi connectivity index (χ0n) is 26.8. The van der Waals surface area contributed by atoms with Gasteiger partial charge in [-0.3, -0.25) is 4.79 Å². The predicted molar refractivity (Wildman–Crippen MR) is 182 cm³/mol. The number of alkyl halides is 3. The number of aromatic nitrogens is 2. The Bertz CT molecular complexity index is 2240. The fourth-order valence-electron chi connectivity index (χ4n) is 6.25. The van der Waals surface area contributed by atoms with Crippen LogP contribution in [0.5, 0.6) is 17.2 Å². The van der Waals surface area contributed by atoms with Crippen LogP contribution in [0.3, 0.4) is 0 Å². The zero-order valence-corrected chi connectivity index (χ0v) is 26.8. The number of ether oxygens (including phenoxy) is 2. The Morgan fingerprint density at radius 2 is 1.67 bits per heavy atom. The van der Waals surface area contributed by atoms with E-state index in [1.807, 2.05) is 36.4 Å². The van der Waals surface area contributed by atoms with Gasteiger partial charge in [-0.1, -0.05) is 42.5 Å². The number of hydrogen-bond donors (Lipinski definition) is 4. The van der Waals surface area contributed by atoms with Gasteiger partial charge in [0.15, 0.2) is 0 Å². The number of para-hydroxylation sites is 2. The molecule has 6 aromatic rings. The summed E-state index contributed by atoms with van der Waals surface area (Å²) in [6, 6.07) is 24.0. The third-order valence-corrected chi connectivity index (χ3v) is 8.60. The summed E-state index contributed by atoms with van der Waals surface area (Å²) in [5.41, 5.74) is 2.12. The van der Waals surface area contributed by atoms with E-state index in [1.165, 1.54) is 11.7 Å². The van der Waals surface area contributed by atoms with E-state index in [4.69, 9.17) is 9.47 Å². The second kappa shape index (κ2) is 13.3. The highest BCUT2D eigenvalue weighted by atomic mass is 19.4. The fourth-order valence-corrected chi connectivity index (χ4v) is 6.25. The molecule has 6 rings (SSSR count). The molecule has 0 fully saturated rings. The van der Waals surface area contributed by atoms with Crippen LogP contribution in [-0.2, 0) is 19.6 Å². The molecule has 0 bridgehead atoms. The number of benzene rings is 4. The largest absolute Gasteiger partial charge is 0.507 e. The Morgan fingerprint density at radius 1 is 0.939 bits per heavy atom. The minimum Gasteiger partial charge on any atom is -0.507 e. The summed E-state index contributed by atoms with van der Waals surface area (Å²) in [6.07, 6.45) is -4.34. The SMILES string of the molecule is COc1cccc(C(c2[nH]c3ccccc3c2CCNC(=O)Nc2cc(C(F)(F)F)ccc2OC)c2c(O)c3ccccc3n(C)c2=O)c1. The molecule has 1 unspecified atom stereocenters. The number of carbonyl (C=O) groups is 1. The van der Waals surface area contributed by atoms with Crippen LogP contribution in [-0.4, -0.2) is 41.5 Å². The number of aryl methyl sites for hydroxylation is 1. The molecule has 2 heterocycles. The molecule has 0 saturated heterocycles. The first-order valence-corrected chi connectivity index (χ1v) is 15.4. The van der Waals surface area contributed by atoms with Crippen molar-refractivity contribution in [3.8, 4) is 17.2 Å². The van der Waals surface area contributed by atoms with Crippen LogP contribution in [0.1, 0.15) is 33.9 Å². The first-order chi connectivity index (χ1) is 23.5. The molecule has 2 aromatic heterocycles. The van der Waals surface area contributed by atoms with E-state index in [2.05, 4.69) is 15.6 Å². The molecule has 0 aliphatic carbocycles. The average molecular weight is 671 g/mol. The Labute approximate surface area is 278 Å². The molecule has 4 aromatic carbocycles. The second-order valence-electron chi connectivity index (χ2n) is 11.5. The summed E-state index contributed by atoms with van der Waals surface area (Å²) in [5, 5.41) is 18.3. The molecule has 2 amide bonds. The molecule has 0 saturated carbocycles. The van der Waals surface area contributed by atoms with E-state index in [1.54, 1.807) is 50.6 Å². The van der Waals surface area contributed by atoms with Gasteiger partial charge in [0.25, 0.3) is 5.56 Å². The predicted octanol–water partition coefficient (Wildman–Crippen LogP) is 7.31. The van der Waals surface area contributed by atoms with E-state index >= 15 is 0 Å². The second-order valence-corrected chi connectivity index (χ2v) is 11.5. The van der Waals surface area contributed by atoms with Crippen molar-refractivity contribution in [2.75, 3.05) is 26.1 Å². The number of urea groups is 1. The summed E-state index contributed by atoms with van der Waals surface area (Å²) in [6.45, 7) is 0.0779. The minimum atomic E-state index is -4.61. The summed E-state index contributed by atoms with van der Waals surface area (Å²) in [5.74, 6) is -0.312. The number of hydrogen-bond acceptors (Lipinski definition) is 5. The number of nitrogens with one attached hydrogen (secondary N) is 3. The highest BCUT2D eigenvalue weighted by Crippen LogP contribution is 2.42. The lowest BCUT2D eigenvalue weighted by Crippen LogP contribution is -2.31. The number of aromatic amines is 1. The number of rotatable bonds is 9. The lowest BCUT2D eigenvalue weighted by atomic mass is 9.85. The van der Waals surface area contributed by atoms with Crippen LogP contribution in [0.15, 0.2) is 95.8 Å². The van der Waals surface area contributed by atoms with E-state index in [-0.39, 0.29) is 41.3 Å². The molecule has 9 nitrogen and oxygen atoms in total. The number of fused-ring (bicyclic) bond motifs is 2. The number of halogens is 3. The minimum absolute atomic E-state index is 0.0694. The van der Waals surface area contributed by atoms with Crippen molar-refractivity contribution < 1.29 is 32.5 Å². The first-order valence-electron chi connectivity index (χ1n) is 15.4. The van der Waals surface area contributed by atoms with Crippen molar-refractivity contribution in [2.24, 2.45) is 7.05 Å². The third kappa shape index (κ3) is 6.37. The smallest absolute Gasteiger partial charge is 0.416 e. The van der Waals surface area contributed by atoms with E-state index < -0.39 is 23.7 Å². The molecule has 0 spiro atoms. The zero-order chi connectivity index (χ0) is 34.9. The molecular weight excluding hydrogens is 637 g/mol. The summed E-state index contributed by atoms with van der Waals surface area (Å²) in [7, 11) is 4.49. The van der Waals surface area contributed by atoms with Gasteiger partial charge in [0, 0.05) is 35.6 Å². The lowest BCUT2D eigenvalue weighted by Gasteiger charge is -2.22. The van der Waals surface area contributed by atoms with Crippen molar-refractivity contribution in [1.29, 1.82) is 0 Å². The standard InChI is InChI=1S/C37H33F3N4O5/c1-44-29-14-7-5-12-26(29)34(45)32(35(44)46)31(21-9-8-10-23(19-21)48-2)33-25(24-11-4-6-13-27(24)42-33)17-18-41-36(47)43-28-20-22(37(38,39)40)15-16-30(28)49-3/h4-16,19-20,31,42,45H,17-18H2,1-3H3,(H2,41,43,47). The van der Waals surface area contributed by atoms with Gasteiger partial charge in [-0.15, -0.1) is 0 Å². The van der Waals surface area contributed by atoms with Gasteiger partial charge < -0.3 is 34.8 Å². The molecule has 0 aliphatic rings. The van der Waals surface area contributed by atoms with Crippen LogP contribution >= 0.6 is 0 Å². The highest BCUT2D eigenvalue weighted by Gasteiger charge is 2.32. The lowest BCUT2D eigenvalue weighted by molar-refractivity contribution is -0.137. The summed E-state index contributed by atoms with van der Waals surface area (Å²) >= 11 is 0. The fraction of sp³-hybridized carbons (Fsp3) is 0.189. The van der Waals surface area contributed by atoms with Crippen molar-refractivity contribution in [1.82, 2.24) is 14.9 Å². The van der Waals surface area contributed by atoms with Crippen LogP contribution in [0.4, 0.5) is 23.7 Å². The maximum Gasteiger partial charge on any atom is 0.416 e. The molecule has 252 valence electrons. The van der Waals surface area contributed by atoms with Gasteiger partial charge in [-0.2, -0.15) is 13.2 Å². The number of carbonyl (C=O) groups excluding carboxylic acids is 1. The van der Waals surface area contributed by atoms with Crippen molar-refractivity contribution in [2.45, 2.75) is 18.5 Å². The maximum absolute atomic E-state index is 14.1. The van der Waals surface area contributed by atoms with Gasteiger partial charge in [0.1, 0.15) is 17.2 Å². The third-order valence-electron chi connectivity index (χ3n) is 8.60. The molecule has 1 atom stereocenters. The van der Waals surface area contributed by atoms with Gasteiger partial charge in [-0.25, -0.2) is 4.79 Å². The Kier molecular flexibility index (Phi) is 8.96. The van der Waals surface area contributed by atoms with Crippen LogP contribution in [0, 0.1) is 0 Å². The molecule has 12 heteroatoms. The number of amides is 2. The van der Waals surface area contributed by atoms with Gasteiger partial charge in [0.05, 0.1) is 42.5 Å². The van der Waals surface area contributed by atoms with Crippen molar-refractivity contribution >= 4 is 33.5 Å². The number of anilines is 1. The van der Waals surface area contributed by atoms with Crippen molar-refractivity contribution in [3.63, 3.8) is 0 Å². The molecule has 0 radical (unpaired) electrons. The summed E-state index contributed by atoms with van der Waals surface area (Å²) < 4.78 is 52.2. The Hall–Kier alpha value is -5.91. The number of aromatic hydroxyl groups is 1. The highest BCUT2D eigenvalue weighted by molar-refractivity contribution is 5.91. The molecule has 4 N–H and O–H groups in total. The van der Waals surface area contributed by atoms with E-state index in [9.17, 15) is 27.9 Å². The molecule has 0 aliphatic heterocycles. The number of methoxy groups -OCH3 is 2. The van der Waals surface area contributed by atoms with Crippen LogP contribution in [0.25, 0.3) is 21.8 Å². The van der Waals surface area contributed by atoms with Crippen LogP contribution in [0.2, 0.25) is 0 Å².